The number of nitrogens with one attached hydrogen (secondary N) is 2. The number of aromatic amines is 1. The molecule has 1 heterocycles. The zero-order chi connectivity index (χ0) is 16.4. The van der Waals surface area contributed by atoms with Crippen molar-refractivity contribution in [1.29, 1.82) is 0 Å². The van der Waals surface area contributed by atoms with Gasteiger partial charge in [0.1, 0.15) is 0 Å². The molecule has 0 spiro atoms. The number of amides is 1. The molecule has 7 nitrogen and oxygen atoms in total. The van der Waals surface area contributed by atoms with Crippen LogP contribution in [0.1, 0.15) is 25.5 Å². The third-order valence-electron chi connectivity index (χ3n) is 3.69. The standard InChI is InChI=1S/C16H17N3O4/c1-9(15(21)17-10-6-7-10)23-14(20)8-13-11-4-2-3-5-12(11)16(22)19-18-13/h2-5,9-10H,6-8H2,1H3,(H,17,21)(H,19,22)/t9-/m0/s1. The third kappa shape index (κ3) is 3.56. The molecule has 1 saturated carbocycles. The molecule has 0 aliphatic heterocycles. The van der Waals surface area contributed by atoms with E-state index in [1.165, 1.54) is 6.92 Å². The minimum Gasteiger partial charge on any atom is -0.452 e. The van der Waals surface area contributed by atoms with Crippen molar-refractivity contribution < 1.29 is 14.3 Å². The monoisotopic (exact) mass is 315 g/mol. The first kappa shape index (κ1) is 15.2. The lowest BCUT2D eigenvalue weighted by atomic mass is 10.1. The van der Waals surface area contributed by atoms with Crippen LogP contribution in [0.2, 0.25) is 0 Å². The van der Waals surface area contributed by atoms with Crippen molar-refractivity contribution in [2.24, 2.45) is 0 Å². The van der Waals surface area contributed by atoms with Crippen molar-refractivity contribution in [2.45, 2.75) is 38.3 Å². The topological polar surface area (TPSA) is 101 Å². The first-order valence-electron chi connectivity index (χ1n) is 7.51. The van der Waals surface area contributed by atoms with Crippen molar-refractivity contribution in [2.75, 3.05) is 0 Å². The van der Waals surface area contributed by atoms with E-state index in [4.69, 9.17) is 4.74 Å². The van der Waals surface area contributed by atoms with Gasteiger partial charge in [-0.25, -0.2) is 5.10 Å². The highest BCUT2D eigenvalue weighted by Gasteiger charge is 2.27. The molecule has 1 aliphatic carbocycles. The first-order valence-corrected chi connectivity index (χ1v) is 7.51. The average molecular weight is 315 g/mol. The number of rotatable bonds is 5. The van der Waals surface area contributed by atoms with Crippen LogP contribution < -0.4 is 10.9 Å². The molecular weight excluding hydrogens is 298 g/mol. The molecule has 1 aromatic heterocycles. The maximum absolute atomic E-state index is 12.0. The molecule has 0 saturated heterocycles. The molecule has 2 N–H and O–H groups in total. The van der Waals surface area contributed by atoms with E-state index in [1.807, 2.05) is 0 Å². The van der Waals surface area contributed by atoms with Gasteiger partial charge in [0.25, 0.3) is 11.5 Å². The summed E-state index contributed by atoms with van der Waals surface area (Å²) in [5.74, 6) is -0.853. The third-order valence-corrected chi connectivity index (χ3v) is 3.69. The molecular formula is C16H17N3O4. The fourth-order valence-electron chi connectivity index (χ4n) is 2.28. The molecule has 3 rings (SSSR count). The Hall–Kier alpha value is -2.70. The molecule has 23 heavy (non-hydrogen) atoms. The number of hydrogen-bond acceptors (Lipinski definition) is 5. The second-order valence-electron chi connectivity index (χ2n) is 5.64. The number of nitrogens with zero attached hydrogens (tertiary/aromatic N) is 1. The average Bonchev–Trinajstić information content (AvgIpc) is 3.34. The minimum atomic E-state index is -0.850. The van der Waals surface area contributed by atoms with E-state index < -0.39 is 12.1 Å². The Bertz CT molecular complexity index is 810. The Kier molecular flexibility index (Phi) is 4.10. The van der Waals surface area contributed by atoms with Gasteiger partial charge in [-0.1, -0.05) is 18.2 Å². The zero-order valence-electron chi connectivity index (χ0n) is 12.7. The van der Waals surface area contributed by atoms with Crippen LogP contribution in [-0.4, -0.2) is 34.2 Å². The van der Waals surface area contributed by atoms with Gasteiger partial charge in [-0.2, -0.15) is 5.10 Å². The highest BCUT2D eigenvalue weighted by molar-refractivity contribution is 5.88. The summed E-state index contributed by atoms with van der Waals surface area (Å²) in [6, 6.07) is 7.11. The van der Waals surface area contributed by atoms with Crippen LogP contribution in [-0.2, 0) is 20.7 Å². The largest absolute Gasteiger partial charge is 0.452 e. The fourth-order valence-corrected chi connectivity index (χ4v) is 2.28. The van der Waals surface area contributed by atoms with Gasteiger partial charge in [0.15, 0.2) is 6.10 Å². The number of benzene rings is 1. The summed E-state index contributed by atoms with van der Waals surface area (Å²) in [5.41, 5.74) is 0.106. The normalized spacial score (nSPS) is 15.2. The number of carbonyl (C=O) groups is 2. The number of H-pyrrole nitrogens is 1. The molecule has 120 valence electrons. The van der Waals surface area contributed by atoms with Gasteiger partial charge in [0.05, 0.1) is 17.5 Å². The van der Waals surface area contributed by atoms with Crippen LogP contribution in [0.3, 0.4) is 0 Å². The molecule has 0 unspecified atom stereocenters. The Morgan fingerprint density at radius 3 is 2.74 bits per heavy atom. The van der Waals surface area contributed by atoms with Gasteiger partial charge >= 0.3 is 5.97 Å². The quantitative estimate of drug-likeness (QED) is 0.790. The van der Waals surface area contributed by atoms with Crippen LogP contribution in [0.5, 0.6) is 0 Å². The zero-order valence-corrected chi connectivity index (χ0v) is 12.7. The van der Waals surface area contributed by atoms with Crippen molar-refractivity contribution in [3.63, 3.8) is 0 Å². The molecule has 0 radical (unpaired) electrons. The van der Waals surface area contributed by atoms with E-state index in [0.717, 1.165) is 12.8 Å². The molecule has 2 aromatic rings. The van der Waals surface area contributed by atoms with Gasteiger partial charge in [-0.05, 0) is 25.8 Å². The lowest BCUT2D eigenvalue weighted by Crippen LogP contribution is -2.37. The minimum absolute atomic E-state index is 0.113. The number of esters is 1. The van der Waals surface area contributed by atoms with Crippen LogP contribution in [0.4, 0.5) is 0 Å². The summed E-state index contributed by atoms with van der Waals surface area (Å²) in [5, 5.41) is 10.1. The fraction of sp³-hybridized carbons (Fsp3) is 0.375. The van der Waals surface area contributed by atoms with E-state index in [2.05, 4.69) is 15.5 Å². The Labute approximate surface area is 132 Å². The Morgan fingerprint density at radius 2 is 2.04 bits per heavy atom. The van der Waals surface area contributed by atoms with Crippen molar-refractivity contribution >= 4 is 22.6 Å². The summed E-state index contributed by atoms with van der Waals surface area (Å²) in [6.45, 7) is 1.54. The van der Waals surface area contributed by atoms with E-state index in [0.29, 0.717) is 16.5 Å². The lowest BCUT2D eigenvalue weighted by Gasteiger charge is -2.13. The Balaban J connectivity index is 1.69. The number of fused-ring (bicyclic) bond motifs is 1. The first-order chi connectivity index (χ1) is 11.0. The van der Waals surface area contributed by atoms with Gasteiger partial charge in [0, 0.05) is 11.4 Å². The smallest absolute Gasteiger partial charge is 0.312 e. The van der Waals surface area contributed by atoms with Gasteiger partial charge in [-0.3, -0.25) is 14.4 Å². The summed E-state index contributed by atoms with van der Waals surface area (Å²) in [7, 11) is 0. The van der Waals surface area contributed by atoms with Crippen molar-refractivity contribution in [3.8, 4) is 0 Å². The van der Waals surface area contributed by atoms with Crippen molar-refractivity contribution in [1.82, 2.24) is 15.5 Å². The van der Waals surface area contributed by atoms with Gasteiger partial charge in [0.2, 0.25) is 0 Å². The highest BCUT2D eigenvalue weighted by Crippen LogP contribution is 2.19. The molecule has 1 amide bonds. The van der Waals surface area contributed by atoms with Crippen LogP contribution in [0, 0.1) is 0 Å². The van der Waals surface area contributed by atoms with E-state index in [-0.39, 0.29) is 23.9 Å². The van der Waals surface area contributed by atoms with E-state index in [9.17, 15) is 14.4 Å². The second kappa shape index (κ2) is 6.20. The van der Waals surface area contributed by atoms with Crippen LogP contribution in [0.25, 0.3) is 10.8 Å². The van der Waals surface area contributed by atoms with Crippen LogP contribution >= 0.6 is 0 Å². The molecule has 7 heteroatoms. The van der Waals surface area contributed by atoms with Crippen molar-refractivity contribution in [3.05, 3.63) is 40.3 Å². The number of hydrogen-bond donors (Lipinski definition) is 2. The summed E-state index contributed by atoms with van der Waals surface area (Å²) in [6.07, 6.45) is 0.981. The predicted octanol–water partition coefficient (Wildman–Crippen LogP) is 0.676. The van der Waals surface area contributed by atoms with Gasteiger partial charge in [-0.15, -0.1) is 0 Å². The summed E-state index contributed by atoms with van der Waals surface area (Å²) >= 11 is 0. The number of ether oxygens (including phenoxy) is 1. The molecule has 0 bridgehead atoms. The molecule has 1 fully saturated rings. The predicted molar refractivity (Wildman–Crippen MR) is 82.8 cm³/mol. The molecule has 1 aromatic carbocycles. The highest BCUT2D eigenvalue weighted by atomic mass is 16.5. The second-order valence-corrected chi connectivity index (χ2v) is 5.64. The van der Waals surface area contributed by atoms with Crippen LogP contribution in [0.15, 0.2) is 29.1 Å². The summed E-state index contributed by atoms with van der Waals surface area (Å²) < 4.78 is 5.14. The molecule has 1 atom stereocenters. The number of aromatic nitrogens is 2. The maximum Gasteiger partial charge on any atom is 0.312 e. The van der Waals surface area contributed by atoms with Gasteiger partial charge < -0.3 is 10.1 Å². The summed E-state index contributed by atoms with van der Waals surface area (Å²) in [4.78, 5) is 35.5. The lowest BCUT2D eigenvalue weighted by molar-refractivity contribution is -0.154. The van der Waals surface area contributed by atoms with E-state index >= 15 is 0 Å². The maximum atomic E-state index is 12.0. The molecule has 1 aliphatic rings. The van der Waals surface area contributed by atoms with E-state index in [1.54, 1.807) is 24.3 Å². The Morgan fingerprint density at radius 1 is 1.35 bits per heavy atom. The SMILES string of the molecule is C[C@H](OC(=O)Cc1n[nH]c(=O)c2ccccc12)C(=O)NC1CC1. The number of carbonyl (C=O) groups excluding carboxylic acids is 2.